The second kappa shape index (κ2) is 7.69. The number of thiocyanates is 2. The largest absolute Gasteiger partial charge is 0.298 e. The molecule has 0 N–H and O–H groups in total. The van der Waals surface area contributed by atoms with Gasteiger partial charge < -0.3 is 0 Å². The minimum atomic E-state index is -0.816. The predicted molar refractivity (Wildman–Crippen MR) is 78.6 cm³/mol. The summed E-state index contributed by atoms with van der Waals surface area (Å²) in [6.07, 6.45) is 0. The maximum atomic E-state index is 11.2. The van der Waals surface area contributed by atoms with E-state index in [4.69, 9.17) is 22.1 Å². The Labute approximate surface area is 132 Å². The van der Waals surface area contributed by atoms with Crippen molar-refractivity contribution in [1.82, 2.24) is 0 Å². The van der Waals surface area contributed by atoms with Crippen molar-refractivity contribution in [3.8, 4) is 10.8 Å². The van der Waals surface area contributed by atoms with Gasteiger partial charge in [0.2, 0.25) is 0 Å². The summed E-state index contributed by atoms with van der Waals surface area (Å²) in [5.74, 6) is -0.275. The summed E-state index contributed by atoms with van der Waals surface area (Å²) in [4.78, 5) is 20.7. The van der Waals surface area contributed by atoms with Gasteiger partial charge in [0.05, 0.1) is 9.85 Å². The van der Waals surface area contributed by atoms with E-state index >= 15 is 0 Å². The number of rotatable bonds is 6. The minimum Gasteiger partial charge on any atom is -0.258 e. The van der Waals surface area contributed by atoms with Crippen LogP contribution in [-0.2, 0) is 11.5 Å². The monoisotopic (exact) mass is 344 g/mol. The number of thioether (sulfide) groups is 2. The molecule has 1 aromatic carbocycles. The summed E-state index contributed by atoms with van der Waals surface area (Å²) >= 11 is 7.20. The molecule has 0 aliphatic heterocycles. The fraction of sp³-hybridized carbons (Fsp3) is 0.200. The molecule has 21 heavy (non-hydrogen) atoms. The van der Waals surface area contributed by atoms with Crippen LogP contribution >= 0.6 is 35.1 Å². The Morgan fingerprint density at radius 2 is 1.62 bits per heavy atom. The first kappa shape index (κ1) is 17.0. The molecule has 0 aliphatic carbocycles. The Morgan fingerprint density at radius 3 is 2.10 bits per heavy atom. The number of nitro benzene ring substituents is 2. The Bertz CT molecular complexity index is 683. The van der Waals surface area contributed by atoms with Crippen molar-refractivity contribution in [3.63, 3.8) is 0 Å². The molecule has 0 aliphatic rings. The van der Waals surface area contributed by atoms with Gasteiger partial charge in [0.25, 0.3) is 11.4 Å². The first-order valence-electron chi connectivity index (χ1n) is 5.08. The van der Waals surface area contributed by atoms with Gasteiger partial charge in [-0.1, -0.05) is 11.6 Å². The molecule has 1 rings (SSSR count). The van der Waals surface area contributed by atoms with Crippen LogP contribution in [0.25, 0.3) is 0 Å². The van der Waals surface area contributed by atoms with E-state index in [1.165, 1.54) is 0 Å². The predicted octanol–water partition coefficient (Wildman–Crippen LogP) is 3.58. The maximum absolute atomic E-state index is 11.2. The molecule has 0 heterocycles. The Kier molecular flexibility index (Phi) is 6.24. The molecule has 1 aromatic rings. The number of nitrogens with zero attached hydrogens (tertiary/aromatic N) is 4. The first-order valence-corrected chi connectivity index (χ1v) is 7.43. The SMILES string of the molecule is N#CSCc1cc(Cl)c([N+](=O)[O-])c(CSC#N)c1[N+](=O)[O-]. The molecule has 0 atom stereocenters. The molecular weight excluding hydrogens is 340 g/mol. The van der Waals surface area contributed by atoms with Crippen LogP contribution in [0.15, 0.2) is 6.07 Å². The van der Waals surface area contributed by atoms with Crippen molar-refractivity contribution < 1.29 is 9.85 Å². The maximum Gasteiger partial charge on any atom is 0.298 e. The molecule has 0 amide bonds. The van der Waals surface area contributed by atoms with Crippen LogP contribution in [0.3, 0.4) is 0 Å². The first-order chi connectivity index (χ1) is 9.93. The molecule has 0 radical (unpaired) electrons. The van der Waals surface area contributed by atoms with E-state index in [1.807, 2.05) is 0 Å². The van der Waals surface area contributed by atoms with Gasteiger partial charge >= 0.3 is 0 Å². The second-order valence-electron chi connectivity index (χ2n) is 3.47. The number of nitro groups is 2. The van der Waals surface area contributed by atoms with Crippen molar-refractivity contribution >= 4 is 46.5 Å². The van der Waals surface area contributed by atoms with Crippen LogP contribution in [0, 0.1) is 41.6 Å². The highest BCUT2D eigenvalue weighted by Crippen LogP contribution is 2.41. The van der Waals surface area contributed by atoms with Crippen molar-refractivity contribution in [1.29, 1.82) is 10.5 Å². The zero-order chi connectivity index (χ0) is 16.0. The van der Waals surface area contributed by atoms with E-state index in [2.05, 4.69) is 0 Å². The minimum absolute atomic E-state index is 0.0330. The highest BCUT2D eigenvalue weighted by molar-refractivity contribution is 8.03. The normalized spacial score (nSPS) is 9.67. The standard InChI is InChI=1S/C10H5ClN4O4S2/c11-8-1-6(2-20-4-12)9(14(16)17)7(3-21-5-13)10(8)15(18)19/h1H,2-3H2. The molecule has 108 valence electrons. The summed E-state index contributed by atoms with van der Waals surface area (Å²) in [6, 6.07) is 1.11. The van der Waals surface area contributed by atoms with Crippen LogP contribution in [0.5, 0.6) is 0 Å². The van der Waals surface area contributed by atoms with Gasteiger partial charge in [-0.2, -0.15) is 10.5 Å². The van der Waals surface area contributed by atoms with Crippen molar-refractivity contribution in [3.05, 3.63) is 42.4 Å². The fourth-order valence-corrected chi connectivity index (χ4v) is 2.86. The van der Waals surface area contributed by atoms with Gasteiger partial charge in [-0.15, -0.1) is 0 Å². The molecular formula is C10H5ClN4O4S2. The van der Waals surface area contributed by atoms with Crippen LogP contribution in [0.4, 0.5) is 11.4 Å². The van der Waals surface area contributed by atoms with Gasteiger partial charge in [0.15, 0.2) is 0 Å². The van der Waals surface area contributed by atoms with Gasteiger partial charge in [0, 0.05) is 17.1 Å². The van der Waals surface area contributed by atoms with Crippen LogP contribution in [0.2, 0.25) is 5.02 Å². The van der Waals surface area contributed by atoms with Crippen molar-refractivity contribution in [2.45, 2.75) is 11.5 Å². The van der Waals surface area contributed by atoms with Crippen molar-refractivity contribution in [2.24, 2.45) is 0 Å². The lowest BCUT2D eigenvalue weighted by Crippen LogP contribution is -2.04. The number of benzene rings is 1. The van der Waals surface area contributed by atoms with E-state index in [0.29, 0.717) is 11.8 Å². The Balaban J connectivity index is 3.61. The molecule has 0 bridgehead atoms. The van der Waals surface area contributed by atoms with E-state index in [-0.39, 0.29) is 27.7 Å². The second-order valence-corrected chi connectivity index (χ2v) is 5.39. The van der Waals surface area contributed by atoms with Crippen LogP contribution in [0.1, 0.15) is 11.1 Å². The van der Waals surface area contributed by atoms with Gasteiger partial charge in [0.1, 0.15) is 21.4 Å². The summed E-state index contributed by atoms with van der Waals surface area (Å²) in [5.41, 5.74) is -1.18. The van der Waals surface area contributed by atoms with Gasteiger partial charge in [-0.25, -0.2) is 0 Å². The molecule has 0 saturated heterocycles. The smallest absolute Gasteiger partial charge is 0.258 e. The lowest BCUT2D eigenvalue weighted by Gasteiger charge is -2.08. The fourth-order valence-electron chi connectivity index (χ4n) is 1.63. The van der Waals surface area contributed by atoms with Gasteiger partial charge in [-0.05, 0) is 29.6 Å². The molecule has 0 saturated carbocycles. The third kappa shape index (κ3) is 3.98. The lowest BCUT2D eigenvalue weighted by atomic mass is 10.1. The van der Waals surface area contributed by atoms with E-state index < -0.39 is 21.2 Å². The summed E-state index contributed by atoms with van der Waals surface area (Å²) in [7, 11) is 0. The van der Waals surface area contributed by atoms with Crippen LogP contribution < -0.4 is 0 Å². The summed E-state index contributed by atoms with van der Waals surface area (Å²) in [6.45, 7) is 0. The highest BCUT2D eigenvalue weighted by Gasteiger charge is 2.32. The third-order valence-corrected chi connectivity index (χ3v) is 3.78. The van der Waals surface area contributed by atoms with E-state index in [0.717, 1.165) is 17.8 Å². The average Bonchev–Trinajstić information content (AvgIpc) is 2.41. The lowest BCUT2D eigenvalue weighted by molar-refractivity contribution is -0.395. The summed E-state index contributed by atoms with van der Waals surface area (Å²) < 4.78 is 0. The zero-order valence-electron chi connectivity index (χ0n) is 10.1. The number of hydrogen-bond acceptors (Lipinski definition) is 8. The van der Waals surface area contributed by atoms with Gasteiger partial charge in [-0.3, -0.25) is 20.2 Å². The molecule has 0 spiro atoms. The zero-order valence-corrected chi connectivity index (χ0v) is 12.5. The van der Waals surface area contributed by atoms with Crippen LogP contribution in [-0.4, -0.2) is 9.85 Å². The number of hydrogen-bond donors (Lipinski definition) is 0. The Hall–Kier alpha value is -2.01. The van der Waals surface area contributed by atoms with E-state index in [1.54, 1.807) is 10.8 Å². The molecule has 0 fully saturated rings. The number of nitriles is 2. The third-order valence-electron chi connectivity index (χ3n) is 2.34. The van der Waals surface area contributed by atoms with E-state index in [9.17, 15) is 20.2 Å². The topological polar surface area (TPSA) is 134 Å². The molecule has 0 unspecified atom stereocenters. The molecule has 0 aromatic heterocycles. The molecule has 8 nitrogen and oxygen atoms in total. The molecule has 11 heteroatoms. The summed E-state index contributed by atoms with van der Waals surface area (Å²) in [5, 5.41) is 42.6. The Morgan fingerprint density at radius 1 is 1.10 bits per heavy atom. The number of halogens is 1. The highest BCUT2D eigenvalue weighted by atomic mass is 35.5. The quantitative estimate of drug-likeness (QED) is 0.434. The van der Waals surface area contributed by atoms with Crippen molar-refractivity contribution in [2.75, 3.05) is 0 Å². The average molecular weight is 345 g/mol.